The summed E-state index contributed by atoms with van der Waals surface area (Å²) in [7, 11) is 0. The van der Waals surface area contributed by atoms with E-state index in [-0.39, 0.29) is 28.6 Å². The van der Waals surface area contributed by atoms with Gasteiger partial charge in [0.15, 0.2) is 5.82 Å². The third-order valence-electron chi connectivity index (χ3n) is 7.29. The van der Waals surface area contributed by atoms with Gasteiger partial charge < -0.3 is 10.1 Å². The van der Waals surface area contributed by atoms with Gasteiger partial charge in [-0.15, -0.1) is 5.10 Å². The van der Waals surface area contributed by atoms with Gasteiger partial charge in [0.05, 0.1) is 19.3 Å². The van der Waals surface area contributed by atoms with Crippen LogP contribution in [0.5, 0.6) is 0 Å². The highest BCUT2D eigenvalue weighted by molar-refractivity contribution is 5.91. The topological polar surface area (TPSA) is 69.0 Å². The summed E-state index contributed by atoms with van der Waals surface area (Å²) in [5.74, 6) is 1.43. The van der Waals surface area contributed by atoms with Gasteiger partial charge in [0.25, 0.3) is 5.91 Å². The number of hydrogen-bond donors (Lipinski definition) is 1. The van der Waals surface area contributed by atoms with Gasteiger partial charge in [-0.3, -0.25) is 4.79 Å². The first-order valence-corrected chi connectivity index (χ1v) is 12.9. The average molecular weight is 467 g/mol. The van der Waals surface area contributed by atoms with Crippen LogP contribution in [0.25, 0.3) is 11.4 Å². The van der Waals surface area contributed by atoms with Gasteiger partial charge in [0.2, 0.25) is 5.82 Å². The zero-order chi connectivity index (χ0) is 24.7. The maximum atomic E-state index is 12.9. The van der Waals surface area contributed by atoms with Crippen LogP contribution in [0.2, 0.25) is 0 Å². The number of carbonyl (C=O) groups excluding carboxylic acids is 1. The lowest BCUT2D eigenvalue weighted by atomic mass is 9.75. The molecule has 1 saturated heterocycles. The number of nitrogens with zero attached hydrogens (tertiary/aromatic N) is 3. The molecule has 4 rings (SSSR count). The van der Waals surface area contributed by atoms with Crippen LogP contribution in [-0.2, 0) is 22.1 Å². The molecule has 6 nitrogen and oxygen atoms in total. The second-order valence-corrected chi connectivity index (χ2v) is 12.3. The molecule has 34 heavy (non-hydrogen) atoms. The Morgan fingerprint density at radius 3 is 2.12 bits per heavy atom. The Balaban J connectivity index is 1.80. The Morgan fingerprint density at radius 1 is 1.03 bits per heavy atom. The molecular formula is C28H42N4O2. The molecule has 0 unspecified atom stereocenters. The average Bonchev–Trinajstić information content (AvgIpc) is 3.13. The van der Waals surface area contributed by atoms with Gasteiger partial charge >= 0.3 is 0 Å². The third-order valence-corrected chi connectivity index (χ3v) is 7.29. The fourth-order valence-electron chi connectivity index (χ4n) is 5.36. The molecule has 2 fully saturated rings. The van der Waals surface area contributed by atoms with Crippen LogP contribution in [-0.4, -0.2) is 39.9 Å². The van der Waals surface area contributed by atoms with Crippen molar-refractivity contribution in [3.63, 3.8) is 0 Å². The molecule has 1 saturated carbocycles. The van der Waals surface area contributed by atoms with Gasteiger partial charge in [0, 0.05) is 12.1 Å². The summed E-state index contributed by atoms with van der Waals surface area (Å²) in [6.07, 6.45) is 6.30. The van der Waals surface area contributed by atoms with Gasteiger partial charge in [-0.05, 0) is 65.3 Å². The van der Waals surface area contributed by atoms with Crippen molar-refractivity contribution in [2.75, 3.05) is 13.2 Å². The summed E-state index contributed by atoms with van der Waals surface area (Å²) in [5, 5.41) is 7.76. The predicted molar refractivity (Wildman–Crippen MR) is 136 cm³/mol. The lowest BCUT2D eigenvalue weighted by Crippen LogP contribution is -2.48. The lowest BCUT2D eigenvalue weighted by molar-refractivity contribution is -0.00364. The number of rotatable bonds is 5. The van der Waals surface area contributed by atoms with Crippen molar-refractivity contribution in [1.29, 1.82) is 0 Å². The molecule has 0 bridgehead atoms. The largest absolute Gasteiger partial charge is 0.377 e. The van der Waals surface area contributed by atoms with Crippen molar-refractivity contribution in [2.45, 2.75) is 104 Å². The molecule has 0 radical (unpaired) electrons. The van der Waals surface area contributed by atoms with Gasteiger partial charge in [0.1, 0.15) is 0 Å². The van der Waals surface area contributed by atoms with Gasteiger partial charge in [-0.1, -0.05) is 60.8 Å². The number of hydrogen-bond acceptors (Lipinski definition) is 4. The Hall–Kier alpha value is -2.21. The number of nitrogens with one attached hydrogen (secondary N) is 1. The highest BCUT2D eigenvalue weighted by atomic mass is 16.5. The standard InChI is InChI=1S/C28H42N4O2/c1-18-22(27(2,3)4)13-20(14-23(18)28(5,6)7)25-30-24(26(33)29-21-16-34-17-21)31-32(25)15-19-11-9-8-10-12-19/h13-14,19,21H,8-12,15-17H2,1-7H3,(H,29,33). The molecule has 0 atom stereocenters. The van der Waals surface area contributed by atoms with Crippen LogP contribution in [0.15, 0.2) is 12.1 Å². The molecule has 1 aliphatic carbocycles. The minimum Gasteiger partial charge on any atom is -0.377 e. The Bertz CT molecular complexity index is 997. The molecule has 186 valence electrons. The number of carbonyl (C=O) groups is 1. The second-order valence-electron chi connectivity index (χ2n) is 12.3. The van der Waals surface area contributed by atoms with E-state index >= 15 is 0 Å². The fourth-order valence-corrected chi connectivity index (χ4v) is 5.36. The van der Waals surface area contributed by atoms with E-state index in [1.165, 1.54) is 48.8 Å². The van der Waals surface area contributed by atoms with Gasteiger partial charge in [-0.25, -0.2) is 9.67 Å². The molecule has 2 aliphatic rings. The summed E-state index contributed by atoms with van der Waals surface area (Å²) in [4.78, 5) is 17.8. The van der Waals surface area contributed by atoms with Crippen molar-refractivity contribution < 1.29 is 9.53 Å². The minimum absolute atomic E-state index is 0.00125. The van der Waals surface area contributed by atoms with Crippen LogP contribution < -0.4 is 5.32 Å². The van der Waals surface area contributed by atoms with E-state index in [1.807, 2.05) is 4.68 Å². The molecule has 2 aromatic rings. The maximum Gasteiger partial charge on any atom is 0.291 e. The van der Waals surface area contributed by atoms with Crippen molar-refractivity contribution in [3.8, 4) is 11.4 Å². The zero-order valence-electron chi connectivity index (χ0n) is 22.1. The van der Waals surface area contributed by atoms with E-state index < -0.39 is 0 Å². The highest BCUT2D eigenvalue weighted by Gasteiger charge is 2.29. The van der Waals surface area contributed by atoms with Crippen LogP contribution in [0.3, 0.4) is 0 Å². The number of benzene rings is 1. The summed E-state index contributed by atoms with van der Waals surface area (Å²) in [6, 6.07) is 4.60. The number of ether oxygens (including phenoxy) is 1. The van der Waals surface area contributed by atoms with Crippen molar-refractivity contribution >= 4 is 5.91 Å². The summed E-state index contributed by atoms with van der Waals surface area (Å²) in [5.41, 5.74) is 5.02. The van der Waals surface area contributed by atoms with E-state index in [0.717, 1.165) is 17.9 Å². The molecule has 1 amide bonds. The van der Waals surface area contributed by atoms with E-state index in [9.17, 15) is 4.79 Å². The minimum atomic E-state index is -0.212. The van der Waals surface area contributed by atoms with Crippen molar-refractivity contribution in [3.05, 3.63) is 34.6 Å². The summed E-state index contributed by atoms with van der Waals surface area (Å²) in [6.45, 7) is 17.7. The molecular weight excluding hydrogens is 424 g/mol. The molecule has 1 aromatic heterocycles. The molecule has 1 aromatic carbocycles. The monoisotopic (exact) mass is 466 g/mol. The Labute approximate surface area is 204 Å². The van der Waals surface area contributed by atoms with E-state index in [2.05, 4.69) is 65.9 Å². The highest BCUT2D eigenvalue weighted by Crippen LogP contribution is 2.37. The first-order valence-electron chi connectivity index (χ1n) is 12.9. The molecule has 0 spiro atoms. The van der Waals surface area contributed by atoms with Crippen LogP contribution >= 0.6 is 0 Å². The first-order chi connectivity index (χ1) is 15.9. The van der Waals surface area contributed by atoms with Crippen molar-refractivity contribution in [2.24, 2.45) is 5.92 Å². The normalized spacial score (nSPS) is 18.1. The number of aromatic nitrogens is 3. The lowest BCUT2D eigenvalue weighted by Gasteiger charge is -2.30. The van der Waals surface area contributed by atoms with Gasteiger partial charge in [-0.2, -0.15) is 0 Å². The molecule has 1 aliphatic heterocycles. The predicted octanol–water partition coefficient (Wildman–Crippen LogP) is 5.56. The quantitative estimate of drug-likeness (QED) is 0.627. The van der Waals surface area contributed by atoms with Crippen molar-refractivity contribution in [1.82, 2.24) is 20.1 Å². The van der Waals surface area contributed by atoms with Crippen LogP contribution in [0.4, 0.5) is 0 Å². The zero-order valence-corrected chi connectivity index (χ0v) is 22.1. The molecule has 2 heterocycles. The van der Waals surface area contributed by atoms with Crippen LogP contribution in [0, 0.1) is 12.8 Å². The summed E-state index contributed by atoms with van der Waals surface area (Å²) >= 11 is 0. The smallest absolute Gasteiger partial charge is 0.291 e. The van der Waals surface area contributed by atoms with E-state index in [4.69, 9.17) is 14.8 Å². The van der Waals surface area contributed by atoms with E-state index in [1.54, 1.807) is 0 Å². The van der Waals surface area contributed by atoms with E-state index in [0.29, 0.717) is 19.1 Å². The number of amides is 1. The third kappa shape index (κ3) is 5.37. The maximum absolute atomic E-state index is 12.9. The van der Waals surface area contributed by atoms with Crippen LogP contribution in [0.1, 0.15) is 101 Å². The summed E-state index contributed by atoms with van der Waals surface area (Å²) < 4.78 is 7.22. The Kier molecular flexibility index (Phi) is 6.92. The molecule has 6 heteroatoms. The second kappa shape index (κ2) is 9.44. The first kappa shape index (κ1) is 24.9. The SMILES string of the molecule is Cc1c(C(C)(C)C)cc(-c2nc(C(=O)NC3COC3)nn2CC2CCCCC2)cc1C(C)(C)C. The molecule has 1 N–H and O–H groups in total. The Morgan fingerprint density at radius 2 is 1.62 bits per heavy atom. The fraction of sp³-hybridized carbons (Fsp3) is 0.679.